The number of rotatable bonds is 6. The summed E-state index contributed by atoms with van der Waals surface area (Å²) >= 11 is 2.96. The molecule has 1 aromatic carbocycles. The number of hydrogen-bond acceptors (Lipinski definition) is 3. The van der Waals surface area contributed by atoms with Gasteiger partial charge < -0.3 is 9.47 Å². The standard InChI is InChI=1S/C12H12BrF3O3/c1-2-18-10-3-4-11(19-12(14,15)16)8(6-10)5-9(17)7-13/h3-4,6H,2,5,7H2,1H3. The fourth-order valence-electron chi connectivity index (χ4n) is 1.43. The largest absolute Gasteiger partial charge is 0.573 e. The number of hydrogen-bond donors (Lipinski definition) is 0. The highest BCUT2D eigenvalue weighted by molar-refractivity contribution is 9.09. The maximum absolute atomic E-state index is 12.2. The van der Waals surface area contributed by atoms with E-state index in [0.29, 0.717) is 12.4 Å². The van der Waals surface area contributed by atoms with Crippen molar-refractivity contribution in [2.75, 3.05) is 11.9 Å². The molecule has 7 heteroatoms. The highest BCUT2D eigenvalue weighted by Crippen LogP contribution is 2.30. The van der Waals surface area contributed by atoms with E-state index in [-0.39, 0.29) is 28.8 Å². The first-order valence-corrected chi connectivity index (χ1v) is 6.57. The summed E-state index contributed by atoms with van der Waals surface area (Å²) in [7, 11) is 0. The molecule has 0 spiro atoms. The lowest BCUT2D eigenvalue weighted by Gasteiger charge is -2.14. The monoisotopic (exact) mass is 340 g/mol. The predicted octanol–water partition coefficient (Wildman–Crippen LogP) is 3.49. The molecule has 19 heavy (non-hydrogen) atoms. The fraction of sp³-hybridized carbons (Fsp3) is 0.417. The summed E-state index contributed by atoms with van der Waals surface area (Å²) in [4.78, 5) is 11.3. The average molecular weight is 341 g/mol. The van der Waals surface area contributed by atoms with Crippen LogP contribution in [0.4, 0.5) is 13.2 Å². The zero-order valence-corrected chi connectivity index (χ0v) is 11.7. The topological polar surface area (TPSA) is 35.5 Å². The van der Waals surface area contributed by atoms with Gasteiger partial charge in [-0.3, -0.25) is 4.79 Å². The van der Waals surface area contributed by atoms with E-state index in [0.717, 1.165) is 6.07 Å². The number of ether oxygens (including phenoxy) is 2. The molecule has 0 N–H and O–H groups in total. The molecular weight excluding hydrogens is 329 g/mol. The van der Waals surface area contributed by atoms with Crippen molar-refractivity contribution in [3.8, 4) is 11.5 Å². The maximum Gasteiger partial charge on any atom is 0.573 e. The minimum absolute atomic E-state index is 0.0668. The van der Waals surface area contributed by atoms with Gasteiger partial charge >= 0.3 is 6.36 Å². The van der Waals surface area contributed by atoms with Gasteiger partial charge in [-0.2, -0.15) is 0 Å². The summed E-state index contributed by atoms with van der Waals surface area (Å²) < 4.78 is 45.8. The van der Waals surface area contributed by atoms with Gasteiger partial charge in [0.2, 0.25) is 0 Å². The highest BCUT2D eigenvalue weighted by Gasteiger charge is 2.32. The molecule has 0 aliphatic heterocycles. The van der Waals surface area contributed by atoms with Gasteiger partial charge in [-0.15, -0.1) is 13.2 Å². The van der Waals surface area contributed by atoms with E-state index in [9.17, 15) is 18.0 Å². The molecule has 0 saturated carbocycles. The minimum Gasteiger partial charge on any atom is -0.494 e. The van der Waals surface area contributed by atoms with E-state index in [1.54, 1.807) is 6.92 Å². The fourth-order valence-corrected chi connectivity index (χ4v) is 1.63. The van der Waals surface area contributed by atoms with Crippen molar-refractivity contribution in [1.29, 1.82) is 0 Å². The molecular formula is C12H12BrF3O3. The van der Waals surface area contributed by atoms with Gasteiger partial charge in [-0.05, 0) is 25.1 Å². The lowest BCUT2D eigenvalue weighted by Crippen LogP contribution is -2.19. The summed E-state index contributed by atoms with van der Waals surface area (Å²) in [6, 6.07) is 3.90. The molecule has 0 radical (unpaired) electrons. The van der Waals surface area contributed by atoms with Gasteiger partial charge in [-0.25, -0.2) is 0 Å². The van der Waals surface area contributed by atoms with Crippen LogP contribution in [0.25, 0.3) is 0 Å². The zero-order chi connectivity index (χ0) is 14.5. The third-order valence-electron chi connectivity index (χ3n) is 2.11. The second kappa shape index (κ2) is 6.79. The lowest BCUT2D eigenvalue weighted by atomic mass is 10.1. The van der Waals surface area contributed by atoms with Gasteiger partial charge in [0.1, 0.15) is 17.3 Å². The molecule has 0 aliphatic carbocycles. The number of Topliss-reactive ketones (excluding diaryl/α,β-unsaturated/α-hetero) is 1. The Balaban J connectivity index is 3.03. The number of alkyl halides is 4. The van der Waals surface area contributed by atoms with Crippen LogP contribution in [0.2, 0.25) is 0 Å². The van der Waals surface area contributed by atoms with E-state index in [1.807, 2.05) is 0 Å². The van der Waals surface area contributed by atoms with Crippen LogP contribution in [0, 0.1) is 0 Å². The Morgan fingerprint density at radius 1 is 1.37 bits per heavy atom. The van der Waals surface area contributed by atoms with Crippen molar-refractivity contribution in [1.82, 2.24) is 0 Å². The number of benzene rings is 1. The number of ketones is 1. The molecule has 0 heterocycles. The molecule has 0 aliphatic rings. The molecule has 1 aromatic rings. The normalized spacial score (nSPS) is 11.2. The first-order valence-electron chi connectivity index (χ1n) is 5.45. The van der Waals surface area contributed by atoms with E-state index in [4.69, 9.17) is 4.74 Å². The van der Waals surface area contributed by atoms with Crippen molar-refractivity contribution < 1.29 is 27.4 Å². The smallest absolute Gasteiger partial charge is 0.494 e. The second-order valence-corrected chi connectivity index (χ2v) is 4.16. The van der Waals surface area contributed by atoms with Crippen molar-refractivity contribution in [3.63, 3.8) is 0 Å². The van der Waals surface area contributed by atoms with Gasteiger partial charge in [-0.1, -0.05) is 15.9 Å². The van der Waals surface area contributed by atoms with Crippen LogP contribution < -0.4 is 9.47 Å². The Bertz CT molecular complexity index is 446. The Morgan fingerprint density at radius 2 is 2.05 bits per heavy atom. The first kappa shape index (κ1) is 15.8. The van der Waals surface area contributed by atoms with Gasteiger partial charge in [0, 0.05) is 12.0 Å². The van der Waals surface area contributed by atoms with E-state index in [1.165, 1.54) is 12.1 Å². The Hall–Kier alpha value is -1.24. The molecule has 1 rings (SSSR count). The summed E-state index contributed by atoms with van der Waals surface area (Å²) in [5, 5.41) is 0.0668. The van der Waals surface area contributed by atoms with E-state index >= 15 is 0 Å². The molecule has 106 valence electrons. The first-order chi connectivity index (χ1) is 8.85. The summed E-state index contributed by atoms with van der Waals surface area (Å²) in [5.41, 5.74) is 0.146. The van der Waals surface area contributed by atoms with Crippen LogP contribution in [-0.4, -0.2) is 24.1 Å². The minimum atomic E-state index is -4.79. The van der Waals surface area contributed by atoms with E-state index < -0.39 is 6.36 Å². The third-order valence-corrected chi connectivity index (χ3v) is 2.73. The molecule has 0 aromatic heterocycles. The number of halogens is 4. The maximum atomic E-state index is 12.2. The van der Waals surface area contributed by atoms with Crippen molar-refractivity contribution in [3.05, 3.63) is 23.8 Å². The number of carbonyl (C=O) groups excluding carboxylic acids is 1. The molecule has 0 fully saturated rings. The van der Waals surface area contributed by atoms with Gasteiger partial charge in [0.05, 0.1) is 11.9 Å². The third kappa shape index (κ3) is 5.50. The van der Waals surface area contributed by atoms with Crippen molar-refractivity contribution in [2.24, 2.45) is 0 Å². The second-order valence-electron chi connectivity index (χ2n) is 3.60. The van der Waals surface area contributed by atoms with Crippen molar-refractivity contribution in [2.45, 2.75) is 19.7 Å². The van der Waals surface area contributed by atoms with Crippen molar-refractivity contribution >= 4 is 21.7 Å². The van der Waals surface area contributed by atoms with Crippen LogP contribution >= 0.6 is 15.9 Å². The van der Waals surface area contributed by atoms with Crippen LogP contribution in [0.1, 0.15) is 12.5 Å². The van der Waals surface area contributed by atoms with Crippen LogP contribution in [0.15, 0.2) is 18.2 Å². The highest BCUT2D eigenvalue weighted by atomic mass is 79.9. The van der Waals surface area contributed by atoms with Crippen LogP contribution in [0.5, 0.6) is 11.5 Å². The lowest BCUT2D eigenvalue weighted by molar-refractivity contribution is -0.274. The quantitative estimate of drug-likeness (QED) is 0.743. The molecule has 0 saturated heterocycles. The van der Waals surface area contributed by atoms with Crippen LogP contribution in [0.3, 0.4) is 0 Å². The van der Waals surface area contributed by atoms with Crippen LogP contribution in [-0.2, 0) is 11.2 Å². The summed E-state index contributed by atoms with van der Waals surface area (Å²) in [5.74, 6) is -0.236. The zero-order valence-electron chi connectivity index (χ0n) is 10.1. The molecule has 0 amide bonds. The Kier molecular flexibility index (Phi) is 5.65. The van der Waals surface area contributed by atoms with Gasteiger partial charge in [0.25, 0.3) is 0 Å². The Labute approximate surface area is 116 Å². The van der Waals surface area contributed by atoms with Gasteiger partial charge in [0.15, 0.2) is 0 Å². The number of carbonyl (C=O) groups is 1. The molecule has 0 unspecified atom stereocenters. The predicted molar refractivity (Wildman–Crippen MR) is 66.8 cm³/mol. The molecule has 0 atom stereocenters. The SMILES string of the molecule is CCOc1ccc(OC(F)(F)F)c(CC(=O)CBr)c1. The molecule has 0 bridgehead atoms. The summed E-state index contributed by atoms with van der Waals surface area (Å²) in [6.07, 6.45) is -4.95. The summed E-state index contributed by atoms with van der Waals surface area (Å²) in [6.45, 7) is 2.13. The van der Waals surface area contributed by atoms with E-state index in [2.05, 4.69) is 20.7 Å². The average Bonchev–Trinajstić information content (AvgIpc) is 2.31. The Morgan fingerprint density at radius 3 is 2.58 bits per heavy atom. The molecule has 3 nitrogen and oxygen atoms in total.